The zero-order valence-corrected chi connectivity index (χ0v) is 8.43. The van der Waals surface area contributed by atoms with E-state index in [9.17, 15) is 4.79 Å². The number of carbonyl (C=O) groups excluding carboxylic acids is 1. The van der Waals surface area contributed by atoms with Crippen molar-refractivity contribution in [2.75, 3.05) is 0 Å². The summed E-state index contributed by atoms with van der Waals surface area (Å²) in [6.07, 6.45) is 1.62. The first kappa shape index (κ1) is 10.6. The molecule has 0 aliphatic heterocycles. The van der Waals surface area contributed by atoms with E-state index in [1.807, 2.05) is 13.0 Å². The lowest BCUT2D eigenvalue weighted by Gasteiger charge is -1.95. The van der Waals surface area contributed by atoms with E-state index in [0.29, 0.717) is 5.15 Å². The van der Waals surface area contributed by atoms with Crippen LogP contribution in [0.3, 0.4) is 0 Å². The number of hydrogen-bond acceptors (Lipinski definition) is 2. The Morgan fingerprint density at radius 1 is 1.71 bits per heavy atom. The fourth-order valence-electron chi connectivity index (χ4n) is 0.860. The normalized spacial score (nSPS) is 9.00. The Kier molecular flexibility index (Phi) is 3.49. The molecule has 3 nitrogen and oxygen atoms in total. The fraction of sp³-hybridized carbons (Fsp3) is 0.200. The molecule has 0 aliphatic carbocycles. The summed E-state index contributed by atoms with van der Waals surface area (Å²) in [6.45, 7) is 1.84. The van der Waals surface area contributed by atoms with Gasteiger partial charge in [0.1, 0.15) is 5.15 Å². The molecular formula is C10H9ClN2O. The predicted octanol–water partition coefficient (Wildman–Crippen LogP) is 1.27. The van der Waals surface area contributed by atoms with Crippen LogP contribution in [0.25, 0.3) is 0 Å². The van der Waals surface area contributed by atoms with Crippen LogP contribution in [-0.4, -0.2) is 10.9 Å². The van der Waals surface area contributed by atoms with Crippen molar-refractivity contribution >= 4 is 17.5 Å². The van der Waals surface area contributed by atoms with E-state index in [0.717, 1.165) is 11.1 Å². The van der Waals surface area contributed by atoms with Crippen LogP contribution >= 0.6 is 11.6 Å². The van der Waals surface area contributed by atoms with E-state index < -0.39 is 5.91 Å². The van der Waals surface area contributed by atoms with Gasteiger partial charge < -0.3 is 5.73 Å². The Hall–Kier alpha value is -1.53. The first-order valence-corrected chi connectivity index (χ1v) is 4.36. The number of aryl methyl sites for hydroxylation is 1. The molecular weight excluding hydrogens is 200 g/mol. The average Bonchev–Trinajstić information content (AvgIpc) is 2.10. The Bertz CT molecular complexity index is 418. The molecule has 4 heteroatoms. The number of rotatable bonds is 1. The summed E-state index contributed by atoms with van der Waals surface area (Å²) in [5, 5.41) is 0.463. The van der Waals surface area contributed by atoms with Gasteiger partial charge in [0.25, 0.3) is 0 Å². The molecule has 2 N–H and O–H groups in total. The van der Waals surface area contributed by atoms with Crippen molar-refractivity contribution in [1.82, 2.24) is 4.98 Å². The molecule has 14 heavy (non-hydrogen) atoms. The topological polar surface area (TPSA) is 56.0 Å². The minimum Gasteiger partial charge on any atom is -0.369 e. The number of amides is 1. The van der Waals surface area contributed by atoms with Crippen LogP contribution in [0.2, 0.25) is 5.15 Å². The van der Waals surface area contributed by atoms with Crippen LogP contribution < -0.4 is 5.73 Å². The standard InChI is InChI=1S/C10H9ClN2O/c1-7-5-8(6-13-10(7)11)3-2-4-9(12)14/h5-6H,4H2,1H3,(H2,12,14). The number of primary amides is 1. The molecule has 1 aromatic rings. The second-order valence-corrected chi connectivity index (χ2v) is 3.13. The van der Waals surface area contributed by atoms with E-state index >= 15 is 0 Å². The maximum absolute atomic E-state index is 10.4. The summed E-state index contributed by atoms with van der Waals surface area (Å²) in [7, 11) is 0. The molecule has 0 fully saturated rings. The van der Waals surface area contributed by atoms with E-state index in [4.69, 9.17) is 17.3 Å². The lowest BCUT2D eigenvalue weighted by atomic mass is 10.2. The largest absolute Gasteiger partial charge is 0.369 e. The average molecular weight is 209 g/mol. The van der Waals surface area contributed by atoms with E-state index in [1.54, 1.807) is 6.20 Å². The maximum atomic E-state index is 10.4. The van der Waals surface area contributed by atoms with E-state index in [-0.39, 0.29) is 6.42 Å². The van der Waals surface area contributed by atoms with Crippen molar-refractivity contribution in [2.24, 2.45) is 5.73 Å². The molecule has 0 saturated carbocycles. The van der Waals surface area contributed by atoms with E-state index in [1.165, 1.54) is 0 Å². The molecule has 1 aromatic heterocycles. The summed E-state index contributed by atoms with van der Waals surface area (Å²) < 4.78 is 0. The highest BCUT2D eigenvalue weighted by Crippen LogP contribution is 2.11. The molecule has 0 bridgehead atoms. The van der Waals surface area contributed by atoms with Crippen LogP contribution in [0.5, 0.6) is 0 Å². The van der Waals surface area contributed by atoms with Crippen LogP contribution in [0.15, 0.2) is 12.3 Å². The summed E-state index contributed by atoms with van der Waals surface area (Å²) in [6, 6.07) is 1.81. The van der Waals surface area contributed by atoms with E-state index in [2.05, 4.69) is 16.8 Å². The third-order valence-corrected chi connectivity index (χ3v) is 1.91. The maximum Gasteiger partial charge on any atom is 0.229 e. The molecule has 1 heterocycles. The first-order chi connectivity index (χ1) is 6.59. The van der Waals surface area contributed by atoms with Gasteiger partial charge in [-0.15, -0.1) is 0 Å². The summed E-state index contributed by atoms with van der Waals surface area (Å²) in [4.78, 5) is 14.3. The molecule has 1 amide bonds. The smallest absolute Gasteiger partial charge is 0.229 e. The number of halogens is 1. The Morgan fingerprint density at radius 3 is 3.00 bits per heavy atom. The zero-order valence-electron chi connectivity index (χ0n) is 7.67. The van der Waals surface area contributed by atoms with Gasteiger partial charge in [0.05, 0.1) is 6.42 Å². The summed E-state index contributed by atoms with van der Waals surface area (Å²) in [5.41, 5.74) is 6.52. The third kappa shape index (κ3) is 3.08. The third-order valence-electron chi connectivity index (χ3n) is 1.51. The van der Waals surface area contributed by atoms with Crippen molar-refractivity contribution < 1.29 is 4.79 Å². The van der Waals surface area contributed by atoms with Crippen molar-refractivity contribution in [3.8, 4) is 11.8 Å². The highest BCUT2D eigenvalue weighted by molar-refractivity contribution is 6.30. The molecule has 1 rings (SSSR count). The van der Waals surface area contributed by atoms with Crippen molar-refractivity contribution in [1.29, 1.82) is 0 Å². The van der Waals surface area contributed by atoms with Gasteiger partial charge in [-0.05, 0) is 18.6 Å². The lowest BCUT2D eigenvalue weighted by molar-refractivity contribution is -0.117. The number of nitrogens with zero attached hydrogens (tertiary/aromatic N) is 1. The van der Waals surface area contributed by atoms with Gasteiger partial charge in [0.15, 0.2) is 0 Å². The van der Waals surface area contributed by atoms with Gasteiger partial charge in [-0.1, -0.05) is 23.4 Å². The number of carbonyl (C=O) groups is 1. The first-order valence-electron chi connectivity index (χ1n) is 3.99. The van der Waals surface area contributed by atoms with Gasteiger partial charge in [-0.2, -0.15) is 0 Å². The highest BCUT2D eigenvalue weighted by atomic mass is 35.5. The van der Waals surface area contributed by atoms with Crippen LogP contribution in [0.4, 0.5) is 0 Å². The lowest BCUT2D eigenvalue weighted by Crippen LogP contribution is -2.08. The summed E-state index contributed by atoms with van der Waals surface area (Å²) >= 11 is 5.73. The zero-order chi connectivity index (χ0) is 10.6. The monoisotopic (exact) mass is 208 g/mol. The number of nitrogens with two attached hydrogens (primary N) is 1. The second kappa shape index (κ2) is 4.64. The van der Waals surface area contributed by atoms with Gasteiger partial charge in [-0.3, -0.25) is 4.79 Å². The molecule has 0 radical (unpaired) electrons. The van der Waals surface area contributed by atoms with Gasteiger partial charge in [-0.25, -0.2) is 4.98 Å². The predicted molar refractivity (Wildman–Crippen MR) is 54.7 cm³/mol. The van der Waals surface area contributed by atoms with Crippen LogP contribution in [0.1, 0.15) is 17.5 Å². The Balaban J connectivity index is 2.81. The highest BCUT2D eigenvalue weighted by Gasteiger charge is 1.95. The quantitative estimate of drug-likeness (QED) is 0.558. The van der Waals surface area contributed by atoms with Gasteiger partial charge in [0, 0.05) is 11.8 Å². The van der Waals surface area contributed by atoms with Gasteiger partial charge in [0.2, 0.25) is 5.91 Å². The van der Waals surface area contributed by atoms with Crippen molar-refractivity contribution in [3.05, 3.63) is 28.5 Å². The van der Waals surface area contributed by atoms with Gasteiger partial charge >= 0.3 is 0 Å². The van der Waals surface area contributed by atoms with Crippen LogP contribution in [-0.2, 0) is 4.79 Å². The molecule has 0 atom stereocenters. The minimum atomic E-state index is -0.434. The Labute approximate surface area is 87.3 Å². The number of pyridine rings is 1. The molecule has 0 aromatic carbocycles. The van der Waals surface area contributed by atoms with Crippen molar-refractivity contribution in [2.45, 2.75) is 13.3 Å². The number of hydrogen-bond donors (Lipinski definition) is 1. The fourth-order valence-corrected chi connectivity index (χ4v) is 0.963. The molecule has 0 aliphatic rings. The summed E-state index contributed by atoms with van der Waals surface area (Å²) in [5.74, 6) is 4.98. The molecule has 72 valence electrons. The molecule has 0 spiro atoms. The molecule has 0 saturated heterocycles. The number of aromatic nitrogens is 1. The van der Waals surface area contributed by atoms with Crippen LogP contribution in [0, 0.1) is 18.8 Å². The SMILES string of the molecule is Cc1cc(C#CCC(N)=O)cnc1Cl. The second-order valence-electron chi connectivity index (χ2n) is 2.78. The molecule has 0 unspecified atom stereocenters. The minimum absolute atomic E-state index is 0.0572. The van der Waals surface area contributed by atoms with Crippen molar-refractivity contribution in [3.63, 3.8) is 0 Å². The Morgan fingerprint density at radius 2 is 2.43 bits per heavy atom.